The Hall–Kier alpha value is -3.31. The molecule has 1 aliphatic rings. The topological polar surface area (TPSA) is 104 Å². The van der Waals surface area contributed by atoms with Gasteiger partial charge in [0.2, 0.25) is 5.91 Å². The summed E-state index contributed by atoms with van der Waals surface area (Å²) in [5.74, 6) is 0.0429. The Morgan fingerprint density at radius 3 is 2.86 bits per heavy atom. The van der Waals surface area contributed by atoms with Crippen LogP contribution in [0.3, 0.4) is 0 Å². The summed E-state index contributed by atoms with van der Waals surface area (Å²) in [5, 5.41) is 15.2. The number of fused-ring (bicyclic) bond motifs is 1. The van der Waals surface area contributed by atoms with Gasteiger partial charge in [-0.05, 0) is 49.9 Å². The molecular formula is C21H19N5O2S. The zero-order valence-corrected chi connectivity index (χ0v) is 16.6. The number of aryl methyl sites for hydroxylation is 2. The number of nitrogens with zero attached hydrogens (tertiary/aromatic N) is 3. The van der Waals surface area contributed by atoms with Crippen molar-refractivity contribution in [3.8, 4) is 11.8 Å². The van der Waals surface area contributed by atoms with Crippen molar-refractivity contribution >= 4 is 23.5 Å². The van der Waals surface area contributed by atoms with E-state index in [0.29, 0.717) is 22.1 Å². The van der Waals surface area contributed by atoms with Gasteiger partial charge in [-0.3, -0.25) is 14.7 Å². The number of pyridine rings is 1. The van der Waals surface area contributed by atoms with Crippen molar-refractivity contribution in [2.45, 2.75) is 36.5 Å². The number of nitrogens with one attached hydrogen (secondary N) is 2. The van der Waals surface area contributed by atoms with E-state index < -0.39 is 5.25 Å². The summed E-state index contributed by atoms with van der Waals surface area (Å²) in [7, 11) is 0. The van der Waals surface area contributed by atoms with Crippen LogP contribution in [0.2, 0.25) is 0 Å². The molecule has 146 valence electrons. The number of carbonyl (C=O) groups excluding carboxylic acids is 1. The molecule has 0 aliphatic heterocycles. The van der Waals surface area contributed by atoms with Crippen LogP contribution >= 0.6 is 11.8 Å². The summed E-state index contributed by atoms with van der Waals surface area (Å²) in [5.41, 5.74) is 3.06. The van der Waals surface area contributed by atoms with E-state index in [-0.39, 0.29) is 11.5 Å². The Balaban J connectivity index is 1.49. The molecular weight excluding hydrogens is 386 g/mol. The van der Waals surface area contributed by atoms with Crippen LogP contribution in [-0.4, -0.2) is 25.9 Å². The third-order valence-corrected chi connectivity index (χ3v) is 5.89. The van der Waals surface area contributed by atoms with E-state index in [4.69, 9.17) is 0 Å². The SMILES string of the molecule is CC(Sc1nc2c(cc1C#N)CCC2)C(=O)Nc1cc(=O)n(-c2ccccc2)[nH]1. The van der Waals surface area contributed by atoms with E-state index in [1.54, 1.807) is 19.1 Å². The van der Waals surface area contributed by atoms with Crippen LogP contribution in [-0.2, 0) is 17.6 Å². The number of thioether (sulfide) groups is 1. The Morgan fingerprint density at radius 2 is 2.10 bits per heavy atom. The van der Waals surface area contributed by atoms with Gasteiger partial charge in [0.25, 0.3) is 5.56 Å². The molecule has 2 heterocycles. The van der Waals surface area contributed by atoms with E-state index in [0.717, 1.165) is 30.5 Å². The van der Waals surface area contributed by atoms with Gasteiger partial charge in [-0.2, -0.15) is 5.26 Å². The predicted molar refractivity (Wildman–Crippen MR) is 111 cm³/mol. The van der Waals surface area contributed by atoms with Gasteiger partial charge in [-0.1, -0.05) is 30.0 Å². The van der Waals surface area contributed by atoms with Crippen molar-refractivity contribution in [1.82, 2.24) is 14.8 Å². The maximum atomic E-state index is 12.6. The number of carbonyl (C=O) groups is 1. The Kier molecular flexibility index (Phi) is 5.23. The summed E-state index contributed by atoms with van der Waals surface area (Å²) in [6.45, 7) is 1.75. The third-order valence-electron chi connectivity index (χ3n) is 4.79. The number of hydrogen-bond donors (Lipinski definition) is 2. The fraction of sp³-hybridized carbons (Fsp3) is 0.238. The van der Waals surface area contributed by atoms with Gasteiger partial charge in [0, 0.05) is 11.8 Å². The van der Waals surface area contributed by atoms with E-state index in [9.17, 15) is 14.9 Å². The number of benzene rings is 1. The molecule has 0 saturated heterocycles. The second kappa shape index (κ2) is 7.97. The molecule has 7 nitrogen and oxygen atoms in total. The average Bonchev–Trinajstić information content (AvgIpc) is 3.33. The van der Waals surface area contributed by atoms with Gasteiger partial charge in [-0.25, -0.2) is 9.67 Å². The molecule has 8 heteroatoms. The molecule has 1 atom stereocenters. The van der Waals surface area contributed by atoms with E-state index in [1.165, 1.54) is 22.5 Å². The lowest BCUT2D eigenvalue weighted by molar-refractivity contribution is -0.115. The third kappa shape index (κ3) is 3.96. The Bertz CT molecular complexity index is 1160. The fourth-order valence-electron chi connectivity index (χ4n) is 3.31. The zero-order chi connectivity index (χ0) is 20.4. The number of anilines is 1. The van der Waals surface area contributed by atoms with Gasteiger partial charge in [0.15, 0.2) is 0 Å². The summed E-state index contributed by atoms with van der Waals surface area (Å²) < 4.78 is 1.36. The molecule has 0 fully saturated rings. The minimum absolute atomic E-state index is 0.265. The number of amides is 1. The predicted octanol–water partition coefficient (Wildman–Crippen LogP) is 3.04. The van der Waals surface area contributed by atoms with Crippen molar-refractivity contribution in [3.63, 3.8) is 0 Å². The summed E-state index contributed by atoms with van der Waals surface area (Å²) in [6.07, 6.45) is 2.90. The molecule has 1 aliphatic carbocycles. The Morgan fingerprint density at radius 1 is 1.31 bits per heavy atom. The second-order valence-corrected chi connectivity index (χ2v) is 8.17. The summed E-state index contributed by atoms with van der Waals surface area (Å²) in [4.78, 5) is 29.4. The number of nitriles is 1. The molecule has 3 aromatic rings. The van der Waals surface area contributed by atoms with Gasteiger partial charge in [-0.15, -0.1) is 0 Å². The van der Waals surface area contributed by atoms with Crippen LogP contribution in [0.5, 0.6) is 0 Å². The highest BCUT2D eigenvalue weighted by molar-refractivity contribution is 8.00. The maximum Gasteiger partial charge on any atom is 0.273 e. The fourth-order valence-corrected chi connectivity index (χ4v) is 4.20. The van der Waals surface area contributed by atoms with Gasteiger partial charge in [0.05, 0.1) is 16.5 Å². The number of aromatic amines is 1. The highest BCUT2D eigenvalue weighted by Gasteiger charge is 2.22. The number of aromatic nitrogens is 3. The number of rotatable bonds is 5. The first-order chi connectivity index (χ1) is 14.0. The molecule has 0 radical (unpaired) electrons. The molecule has 2 aromatic heterocycles. The lowest BCUT2D eigenvalue weighted by Gasteiger charge is -2.12. The molecule has 0 saturated carbocycles. The number of H-pyrrole nitrogens is 1. The average molecular weight is 405 g/mol. The first-order valence-corrected chi connectivity index (χ1v) is 10.2. The van der Waals surface area contributed by atoms with Gasteiger partial charge < -0.3 is 5.32 Å². The van der Waals surface area contributed by atoms with Crippen LogP contribution in [0.4, 0.5) is 5.82 Å². The molecule has 0 bridgehead atoms. The van der Waals surface area contributed by atoms with Crippen molar-refractivity contribution in [1.29, 1.82) is 5.26 Å². The van der Waals surface area contributed by atoms with E-state index >= 15 is 0 Å². The van der Waals surface area contributed by atoms with Gasteiger partial charge in [0.1, 0.15) is 16.9 Å². The van der Waals surface area contributed by atoms with Gasteiger partial charge >= 0.3 is 0 Å². The highest BCUT2D eigenvalue weighted by Crippen LogP contribution is 2.30. The molecule has 0 spiro atoms. The first kappa shape index (κ1) is 19.0. The lowest BCUT2D eigenvalue weighted by Crippen LogP contribution is -2.23. The van der Waals surface area contributed by atoms with E-state index in [1.807, 2.05) is 24.3 Å². The van der Waals surface area contributed by atoms with Crippen LogP contribution in [0.25, 0.3) is 5.69 Å². The molecule has 1 unspecified atom stereocenters. The van der Waals surface area contributed by atoms with Crippen molar-refractivity contribution in [2.24, 2.45) is 0 Å². The number of para-hydroxylation sites is 1. The molecule has 4 rings (SSSR count). The van der Waals surface area contributed by atoms with Crippen LogP contribution in [0, 0.1) is 11.3 Å². The van der Waals surface area contributed by atoms with Crippen molar-refractivity contribution in [3.05, 3.63) is 69.6 Å². The highest BCUT2D eigenvalue weighted by atomic mass is 32.2. The normalized spacial score (nSPS) is 13.5. The molecule has 1 aromatic carbocycles. The van der Waals surface area contributed by atoms with Crippen LogP contribution < -0.4 is 10.9 Å². The smallest absolute Gasteiger partial charge is 0.273 e. The first-order valence-electron chi connectivity index (χ1n) is 9.33. The summed E-state index contributed by atoms with van der Waals surface area (Å²) >= 11 is 1.25. The monoisotopic (exact) mass is 405 g/mol. The molecule has 2 N–H and O–H groups in total. The van der Waals surface area contributed by atoms with Crippen molar-refractivity contribution in [2.75, 3.05) is 5.32 Å². The summed E-state index contributed by atoms with van der Waals surface area (Å²) in [6, 6.07) is 14.5. The minimum Gasteiger partial charge on any atom is -0.310 e. The molecule has 1 amide bonds. The zero-order valence-electron chi connectivity index (χ0n) is 15.8. The quantitative estimate of drug-likeness (QED) is 0.635. The van der Waals surface area contributed by atoms with E-state index in [2.05, 4.69) is 21.5 Å². The molecule has 29 heavy (non-hydrogen) atoms. The van der Waals surface area contributed by atoms with Crippen molar-refractivity contribution < 1.29 is 4.79 Å². The largest absolute Gasteiger partial charge is 0.310 e. The van der Waals surface area contributed by atoms with Crippen LogP contribution in [0.15, 0.2) is 52.3 Å². The number of hydrogen-bond acceptors (Lipinski definition) is 5. The maximum absolute atomic E-state index is 12.6. The minimum atomic E-state index is -0.488. The second-order valence-electron chi connectivity index (χ2n) is 6.84. The Labute approximate surface area is 171 Å². The lowest BCUT2D eigenvalue weighted by atomic mass is 10.2. The van der Waals surface area contributed by atoms with Crippen LogP contribution in [0.1, 0.15) is 30.2 Å². The standard InChI is InChI=1S/C21H19N5O2S/c1-13(29-21-15(12-22)10-14-6-5-9-17(14)23-21)20(28)24-18-11-19(27)26(25-18)16-7-3-2-4-8-16/h2-4,7-8,10-11,13,25H,5-6,9H2,1H3,(H,24,28).